The molecule has 9 heteroatoms. The molecule has 2 N–H and O–H groups in total. The Kier molecular flexibility index (Phi) is 6.93. The SMILES string of the molecule is COc1ccc(-n2c(SCC(=O)N/N=C(\C)c3ccc(O)cc3)nc3ccccc3c2=O)cc1. The molecule has 0 spiro atoms. The lowest BCUT2D eigenvalue weighted by Crippen LogP contribution is -2.24. The van der Waals surface area contributed by atoms with Gasteiger partial charge in [-0.05, 0) is 73.2 Å². The number of carbonyl (C=O) groups is 1. The second-order valence-electron chi connectivity index (χ2n) is 7.32. The van der Waals surface area contributed by atoms with E-state index in [4.69, 9.17) is 4.74 Å². The average Bonchev–Trinajstić information content (AvgIpc) is 2.86. The average molecular weight is 475 g/mol. The second kappa shape index (κ2) is 10.2. The molecular weight excluding hydrogens is 452 g/mol. The quantitative estimate of drug-likeness (QED) is 0.183. The maximum Gasteiger partial charge on any atom is 0.266 e. The summed E-state index contributed by atoms with van der Waals surface area (Å²) in [6.45, 7) is 1.76. The maximum absolute atomic E-state index is 13.3. The Balaban J connectivity index is 1.58. The molecule has 3 aromatic carbocycles. The zero-order valence-electron chi connectivity index (χ0n) is 18.6. The van der Waals surface area contributed by atoms with Crippen LogP contribution in [-0.4, -0.2) is 39.1 Å². The van der Waals surface area contributed by atoms with E-state index in [9.17, 15) is 14.7 Å². The van der Waals surface area contributed by atoms with Crippen LogP contribution >= 0.6 is 11.8 Å². The number of para-hydroxylation sites is 1. The first-order chi connectivity index (χ1) is 16.5. The number of rotatable bonds is 7. The van der Waals surface area contributed by atoms with Gasteiger partial charge in [0, 0.05) is 0 Å². The molecule has 0 aliphatic carbocycles. The number of methoxy groups -OCH3 is 1. The molecule has 0 fully saturated rings. The molecule has 4 aromatic rings. The molecule has 0 unspecified atom stereocenters. The van der Waals surface area contributed by atoms with Crippen molar-refractivity contribution in [2.75, 3.05) is 12.9 Å². The van der Waals surface area contributed by atoms with E-state index in [2.05, 4.69) is 15.5 Å². The van der Waals surface area contributed by atoms with E-state index in [-0.39, 0.29) is 23.0 Å². The molecule has 34 heavy (non-hydrogen) atoms. The van der Waals surface area contributed by atoms with Crippen molar-refractivity contribution >= 4 is 34.3 Å². The van der Waals surface area contributed by atoms with Crippen LogP contribution in [0.1, 0.15) is 12.5 Å². The van der Waals surface area contributed by atoms with E-state index in [1.807, 2.05) is 6.07 Å². The molecule has 0 aliphatic heterocycles. The highest BCUT2D eigenvalue weighted by Crippen LogP contribution is 2.22. The first-order valence-corrected chi connectivity index (χ1v) is 11.4. The molecule has 1 heterocycles. The van der Waals surface area contributed by atoms with Crippen molar-refractivity contribution in [3.8, 4) is 17.2 Å². The Morgan fingerprint density at radius 1 is 1.09 bits per heavy atom. The third kappa shape index (κ3) is 5.10. The van der Waals surface area contributed by atoms with Crippen LogP contribution in [0.4, 0.5) is 0 Å². The fourth-order valence-corrected chi connectivity index (χ4v) is 4.05. The topological polar surface area (TPSA) is 106 Å². The highest BCUT2D eigenvalue weighted by molar-refractivity contribution is 7.99. The Hall–Kier alpha value is -4.11. The normalized spacial score (nSPS) is 11.4. The Morgan fingerprint density at radius 2 is 1.79 bits per heavy atom. The van der Waals surface area contributed by atoms with Gasteiger partial charge in [-0.25, -0.2) is 10.4 Å². The van der Waals surface area contributed by atoms with Gasteiger partial charge in [-0.15, -0.1) is 0 Å². The van der Waals surface area contributed by atoms with E-state index in [1.165, 1.54) is 4.57 Å². The number of phenolic OH excluding ortho intramolecular Hbond substituents is 1. The van der Waals surface area contributed by atoms with Crippen LogP contribution in [0.5, 0.6) is 11.5 Å². The van der Waals surface area contributed by atoms with Gasteiger partial charge in [-0.2, -0.15) is 5.10 Å². The number of hydrogen-bond acceptors (Lipinski definition) is 7. The van der Waals surface area contributed by atoms with Crippen molar-refractivity contribution in [3.63, 3.8) is 0 Å². The van der Waals surface area contributed by atoms with Gasteiger partial charge in [0.2, 0.25) is 0 Å². The lowest BCUT2D eigenvalue weighted by molar-refractivity contribution is -0.118. The summed E-state index contributed by atoms with van der Waals surface area (Å²) < 4.78 is 6.70. The largest absolute Gasteiger partial charge is 0.508 e. The fourth-order valence-electron chi connectivity index (χ4n) is 3.24. The van der Waals surface area contributed by atoms with Gasteiger partial charge in [0.05, 0.1) is 35.2 Å². The van der Waals surface area contributed by atoms with Crippen LogP contribution in [0.15, 0.2) is 87.8 Å². The van der Waals surface area contributed by atoms with Crippen LogP contribution in [0.2, 0.25) is 0 Å². The summed E-state index contributed by atoms with van der Waals surface area (Å²) in [5.41, 5.74) is 4.85. The maximum atomic E-state index is 13.3. The second-order valence-corrected chi connectivity index (χ2v) is 8.26. The monoisotopic (exact) mass is 474 g/mol. The van der Waals surface area contributed by atoms with Crippen molar-refractivity contribution in [2.45, 2.75) is 12.1 Å². The minimum atomic E-state index is -0.341. The van der Waals surface area contributed by atoms with Crippen LogP contribution in [0.25, 0.3) is 16.6 Å². The van der Waals surface area contributed by atoms with Gasteiger partial charge in [0.25, 0.3) is 11.5 Å². The van der Waals surface area contributed by atoms with Crippen LogP contribution < -0.4 is 15.7 Å². The summed E-state index contributed by atoms with van der Waals surface area (Å²) in [6.07, 6.45) is 0. The molecule has 0 aliphatic rings. The molecule has 8 nitrogen and oxygen atoms in total. The molecule has 0 radical (unpaired) electrons. The minimum Gasteiger partial charge on any atom is -0.508 e. The first kappa shape index (κ1) is 23.1. The Labute approximate surface area is 199 Å². The fraction of sp³-hybridized carbons (Fsp3) is 0.120. The molecule has 0 bridgehead atoms. The van der Waals surface area contributed by atoms with Gasteiger partial charge >= 0.3 is 0 Å². The standard InChI is InChI=1S/C25H22N4O4S/c1-16(17-7-11-19(30)12-8-17)27-28-23(31)15-34-25-26-22-6-4-3-5-21(22)24(32)29(25)18-9-13-20(33-2)14-10-18/h3-14,30H,15H2,1-2H3,(H,28,31)/b27-16+. The van der Waals surface area contributed by atoms with Crippen molar-refractivity contribution in [1.82, 2.24) is 15.0 Å². The predicted molar refractivity (Wildman–Crippen MR) is 133 cm³/mol. The van der Waals surface area contributed by atoms with E-state index < -0.39 is 0 Å². The zero-order valence-corrected chi connectivity index (χ0v) is 19.4. The smallest absolute Gasteiger partial charge is 0.266 e. The highest BCUT2D eigenvalue weighted by atomic mass is 32.2. The van der Waals surface area contributed by atoms with Gasteiger partial charge < -0.3 is 9.84 Å². The van der Waals surface area contributed by atoms with Gasteiger partial charge in [0.15, 0.2) is 5.16 Å². The number of aromatic hydroxyl groups is 1. The summed E-state index contributed by atoms with van der Waals surface area (Å²) in [5, 5.41) is 14.4. The summed E-state index contributed by atoms with van der Waals surface area (Å²) in [7, 11) is 1.57. The van der Waals surface area contributed by atoms with Gasteiger partial charge in [0.1, 0.15) is 11.5 Å². The van der Waals surface area contributed by atoms with E-state index in [0.29, 0.717) is 33.2 Å². The minimum absolute atomic E-state index is 0.00723. The number of nitrogens with zero attached hydrogens (tertiary/aromatic N) is 3. The van der Waals surface area contributed by atoms with Gasteiger partial charge in [-0.3, -0.25) is 14.2 Å². The summed E-state index contributed by atoms with van der Waals surface area (Å²) in [5.74, 6) is 0.489. The van der Waals surface area contributed by atoms with Crippen molar-refractivity contribution < 1.29 is 14.6 Å². The van der Waals surface area contributed by atoms with Crippen molar-refractivity contribution in [3.05, 3.63) is 88.7 Å². The summed E-state index contributed by atoms with van der Waals surface area (Å²) in [6, 6.07) is 20.7. The molecule has 4 rings (SSSR count). The highest BCUT2D eigenvalue weighted by Gasteiger charge is 2.15. The molecule has 0 atom stereocenters. The van der Waals surface area contributed by atoms with Crippen molar-refractivity contribution in [2.24, 2.45) is 5.10 Å². The predicted octanol–water partition coefficient (Wildman–Crippen LogP) is 3.73. The Bertz CT molecular complexity index is 1410. The number of thioether (sulfide) groups is 1. The third-order valence-electron chi connectivity index (χ3n) is 5.04. The Morgan fingerprint density at radius 3 is 2.50 bits per heavy atom. The number of aromatic nitrogens is 2. The zero-order chi connectivity index (χ0) is 24.1. The number of amides is 1. The van der Waals surface area contributed by atoms with E-state index in [0.717, 1.165) is 17.3 Å². The number of benzene rings is 3. The molecule has 0 saturated heterocycles. The number of fused-ring (bicyclic) bond motifs is 1. The molecule has 1 amide bonds. The number of phenols is 1. The summed E-state index contributed by atoms with van der Waals surface area (Å²) >= 11 is 1.14. The molecule has 0 saturated carbocycles. The van der Waals surface area contributed by atoms with Crippen LogP contribution in [-0.2, 0) is 4.79 Å². The number of ether oxygens (including phenoxy) is 1. The van der Waals surface area contributed by atoms with E-state index in [1.54, 1.807) is 80.8 Å². The van der Waals surface area contributed by atoms with Gasteiger partial charge in [-0.1, -0.05) is 23.9 Å². The molecule has 1 aromatic heterocycles. The number of nitrogens with one attached hydrogen (secondary N) is 1. The van der Waals surface area contributed by atoms with Crippen molar-refractivity contribution in [1.29, 1.82) is 0 Å². The lowest BCUT2D eigenvalue weighted by Gasteiger charge is -2.13. The van der Waals surface area contributed by atoms with Crippen LogP contribution in [0, 0.1) is 0 Å². The molecule has 172 valence electrons. The molecular formula is C25H22N4O4S. The van der Waals surface area contributed by atoms with E-state index >= 15 is 0 Å². The summed E-state index contributed by atoms with van der Waals surface area (Å²) in [4.78, 5) is 30.4. The lowest BCUT2D eigenvalue weighted by atomic mass is 10.1. The third-order valence-corrected chi connectivity index (χ3v) is 5.98. The number of carbonyl (C=O) groups excluding carboxylic acids is 1. The number of hydrogen-bond donors (Lipinski definition) is 2. The number of hydrazone groups is 1. The first-order valence-electron chi connectivity index (χ1n) is 10.4. The van der Waals surface area contributed by atoms with Crippen LogP contribution in [0.3, 0.4) is 0 Å².